The fraction of sp³-hybridized carbons (Fsp3) is 0.167. The first-order valence-corrected chi connectivity index (χ1v) is 6.31. The number of nitrogens with one attached hydrogen (secondary N) is 3. The van der Waals surface area contributed by atoms with Crippen molar-refractivity contribution in [2.24, 2.45) is 0 Å². The molecule has 0 radical (unpaired) electrons. The molecule has 1 atom stereocenters. The Balaban J connectivity index is 2.01. The van der Waals surface area contributed by atoms with Gasteiger partial charge in [-0.2, -0.15) is 5.10 Å². The third-order valence-electron chi connectivity index (χ3n) is 2.62. The van der Waals surface area contributed by atoms with E-state index in [1.165, 1.54) is 12.4 Å². The van der Waals surface area contributed by atoms with E-state index in [9.17, 15) is 14.7 Å². The van der Waals surface area contributed by atoms with Crippen LogP contribution in [0.15, 0.2) is 30.6 Å². The molecule has 2 rings (SSSR count). The maximum Gasteiger partial charge on any atom is 0.331 e. The molecule has 0 fully saturated rings. The zero-order chi connectivity index (χ0) is 15.2. The van der Waals surface area contributed by atoms with Crippen LogP contribution in [0, 0.1) is 0 Å². The Morgan fingerprint density at radius 3 is 2.76 bits per heavy atom. The van der Waals surface area contributed by atoms with Gasteiger partial charge in [0, 0.05) is 10.6 Å². The summed E-state index contributed by atoms with van der Waals surface area (Å²) in [7, 11) is 0. The summed E-state index contributed by atoms with van der Waals surface area (Å²) >= 11 is 5.95. The SMILES string of the molecule is O=C(NCc1ncn[nH]1)N[C@@H](C(=O)O)c1ccccc1Cl. The highest BCUT2D eigenvalue weighted by Crippen LogP contribution is 2.22. The Labute approximate surface area is 124 Å². The van der Waals surface area contributed by atoms with Crippen LogP contribution in [0.3, 0.4) is 0 Å². The van der Waals surface area contributed by atoms with Gasteiger partial charge in [-0.1, -0.05) is 29.8 Å². The Hall–Kier alpha value is -2.61. The van der Waals surface area contributed by atoms with Gasteiger partial charge in [-0.05, 0) is 6.07 Å². The number of H-pyrrole nitrogens is 1. The molecule has 0 spiro atoms. The number of carboxylic acid groups (broad SMARTS) is 1. The molecule has 1 aromatic carbocycles. The monoisotopic (exact) mass is 309 g/mol. The lowest BCUT2D eigenvalue weighted by Gasteiger charge is -2.16. The Morgan fingerprint density at radius 2 is 2.14 bits per heavy atom. The number of rotatable bonds is 5. The fourth-order valence-electron chi connectivity index (χ4n) is 1.64. The fourth-order valence-corrected chi connectivity index (χ4v) is 1.89. The number of hydrogen-bond acceptors (Lipinski definition) is 4. The van der Waals surface area contributed by atoms with Gasteiger partial charge in [0.2, 0.25) is 0 Å². The highest BCUT2D eigenvalue weighted by molar-refractivity contribution is 6.31. The number of amides is 2. The van der Waals surface area contributed by atoms with E-state index in [0.29, 0.717) is 11.4 Å². The predicted molar refractivity (Wildman–Crippen MR) is 73.6 cm³/mol. The van der Waals surface area contributed by atoms with Crippen molar-refractivity contribution in [3.05, 3.63) is 47.0 Å². The van der Waals surface area contributed by atoms with Crippen LogP contribution >= 0.6 is 11.6 Å². The molecule has 0 bridgehead atoms. The first-order chi connectivity index (χ1) is 10.1. The zero-order valence-electron chi connectivity index (χ0n) is 10.7. The average molecular weight is 310 g/mol. The number of aromatic amines is 1. The standard InChI is InChI=1S/C12H12ClN5O3/c13-8-4-2-1-3-7(8)10(11(19)20)17-12(21)14-5-9-15-6-16-18-9/h1-4,6,10H,5H2,(H,19,20)(H2,14,17,21)(H,15,16,18)/t10-/m1/s1. The molecule has 9 heteroatoms. The highest BCUT2D eigenvalue weighted by Gasteiger charge is 2.24. The van der Waals surface area contributed by atoms with Gasteiger partial charge in [-0.25, -0.2) is 14.6 Å². The molecule has 2 amide bonds. The minimum atomic E-state index is -1.24. The number of aliphatic carboxylic acids is 1. The minimum Gasteiger partial charge on any atom is -0.479 e. The van der Waals surface area contributed by atoms with Gasteiger partial charge >= 0.3 is 12.0 Å². The van der Waals surface area contributed by atoms with Crippen molar-refractivity contribution in [3.63, 3.8) is 0 Å². The van der Waals surface area contributed by atoms with Crippen molar-refractivity contribution >= 4 is 23.6 Å². The molecule has 0 saturated heterocycles. The summed E-state index contributed by atoms with van der Waals surface area (Å²) in [5.41, 5.74) is 0.307. The first kappa shape index (κ1) is 14.8. The van der Waals surface area contributed by atoms with Crippen LogP contribution in [-0.2, 0) is 11.3 Å². The van der Waals surface area contributed by atoms with Crippen molar-refractivity contribution in [2.45, 2.75) is 12.6 Å². The van der Waals surface area contributed by atoms with E-state index in [-0.39, 0.29) is 11.6 Å². The molecular formula is C12H12ClN5O3. The summed E-state index contributed by atoms with van der Waals surface area (Å²) in [5, 5.41) is 20.5. The van der Waals surface area contributed by atoms with E-state index in [1.807, 2.05) is 0 Å². The molecule has 1 aromatic heterocycles. The number of aromatic nitrogens is 3. The Bertz CT molecular complexity index is 632. The van der Waals surface area contributed by atoms with Crippen molar-refractivity contribution in [2.75, 3.05) is 0 Å². The van der Waals surface area contributed by atoms with Crippen molar-refractivity contribution in [3.8, 4) is 0 Å². The van der Waals surface area contributed by atoms with Crippen LogP contribution in [0.4, 0.5) is 4.79 Å². The molecule has 2 aromatic rings. The molecule has 0 aliphatic carbocycles. The van der Waals surface area contributed by atoms with Crippen molar-refractivity contribution in [1.29, 1.82) is 0 Å². The van der Waals surface area contributed by atoms with Gasteiger partial charge in [0.15, 0.2) is 6.04 Å². The Kier molecular flexibility index (Phi) is 4.72. The highest BCUT2D eigenvalue weighted by atomic mass is 35.5. The predicted octanol–water partition coefficient (Wildman–Crippen LogP) is 1.08. The number of carbonyl (C=O) groups is 2. The van der Waals surface area contributed by atoms with Gasteiger partial charge in [0.05, 0.1) is 6.54 Å². The normalized spacial score (nSPS) is 11.7. The van der Waals surface area contributed by atoms with Gasteiger partial charge < -0.3 is 15.7 Å². The number of hydrogen-bond donors (Lipinski definition) is 4. The van der Waals surface area contributed by atoms with Gasteiger partial charge in [-0.15, -0.1) is 0 Å². The second-order valence-corrected chi connectivity index (χ2v) is 4.46. The number of urea groups is 1. The van der Waals surface area contributed by atoms with Crippen molar-refractivity contribution in [1.82, 2.24) is 25.8 Å². The van der Waals surface area contributed by atoms with Crippen LogP contribution in [0.2, 0.25) is 5.02 Å². The molecule has 0 aliphatic rings. The van der Waals surface area contributed by atoms with Crippen LogP contribution in [0.25, 0.3) is 0 Å². The van der Waals surface area contributed by atoms with E-state index >= 15 is 0 Å². The molecule has 21 heavy (non-hydrogen) atoms. The summed E-state index contributed by atoms with van der Waals surface area (Å²) in [4.78, 5) is 26.9. The lowest BCUT2D eigenvalue weighted by Crippen LogP contribution is -2.40. The number of carboxylic acids is 1. The molecule has 0 aliphatic heterocycles. The van der Waals surface area contributed by atoms with E-state index in [1.54, 1.807) is 18.2 Å². The summed E-state index contributed by atoms with van der Waals surface area (Å²) in [6, 6.07) is 4.52. The Morgan fingerprint density at radius 1 is 1.38 bits per heavy atom. The molecule has 1 heterocycles. The molecular weight excluding hydrogens is 298 g/mol. The zero-order valence-corrected chi connectivity index (χ0v) is 11.5. The van der Waals surface area contributed by atoms with Crippen LogP contribution in [0.1, 0.15) is 17.4 Å². The molecule has 0 saturated carbocycles. The van der Waals surface area contributed by atoms with Gasteiger partial charge in [0.1, 0.15) is 12.2 Å². The van der Waals surface area contributed by atoms with Crippen LogP contribution in [0.5, 0.6) is 0 Å². The maximum absolute atomic E-state index is 11.7. The summed E-state index contributed by atoms with van der Waals surface area (Å²) in [5.74, 6) is -0.757. The second-order valence-electron chi connectivity index (χ2n) is 4.05. The molecule has 0 unspecified atom stereocenters. The number of nitrogens with zero attached hydrogens (tertiary/aromatic N) is 2. The molecule has 8 nitrogen and oxygen atoms in total. The topological polar surface area (TPSA) is 120 Å². The minimum absolute atomic E-state index is 0.0979. The van der Waals surface area contributed by atoms with E-state index in [0.717, 1.165) is 0 Å². The van der Waals surface area contributed by atoms with E-state index in [4.69, 9.17) is 11.6 Å². The molecule has 4 N–H and O–H groups in total. The lowest BCUT2D eigenvalue weighted by molar-refractivity contribution is -0.139. The summed E-state index contributed by atoms with van der Waals surface area (Å²) in [6.07, 6.45) is 1.30. The quantitative estimate of drug-likeness (QED) is 0.659. The average Bonchev–Trinajstić information content (AvgIpc) is 2.96. The largest absolute Gasteiger partial charge is 0.479 e. The van der Waals surface area contributed by atoms with Crippen molar-refractivity contribution < 1.29 is 14.7 Å². The van der Waals surface area contributed by atoms with Crippen LogP contribution < -0.4 is 10.6 Å². The van der Waals surface area contributed by atoms with E-state index in [2.05, 4.69) is 25.8 Å². The number of benzene rings is 1. The summed E-state index contributed by atoms with van der Waals surface area (Å²) in [6.45, 7) is 0.0979. The number of carbonyl (C=O) groups excluding carboxylic acids is 1. The second kappa shape index (κ2) is 6.71. The third-order valence-corrected chi connectivity index (χ3v) is 2.96. The van der Waals surface area contributed by atoms with Gasteiger partial charge in [0.25, 0.3) is 0 Å². The molecule has 110 valence electrons. The number of halogens is 1. The lowest BCUT2D eigenvalue weighted by atomic mass is 10.1. The van der Waals surface area contributed by atoms with Gasteiger partial charge in [-0.3, -0.25) is 5.10 Å². The smallest absolute Gasteiger partial charge is 0.331 e. The van der Waals surface area contributed by atoms with E-state index < -0.39 is 18.0 Å². The maximum atomic E-state index is 11.7. The third kappa shape index (κ3) is 3.93. The van der Waals surface area contributed by atoms with Crippen LogP contribution in [-0.4, -0.2) is 32.3 Å². The first-order valence-electron chi connectivity index (χ1n) is 5.93. The summed E-state index contributed by atoms with van der Waals surface area (Å²) < 4.78 is 0.